The highest BCUT2D eigenvalue weighted by Gasteiger charge is 2.13. The fourth-order valence-electron chi connectivity index (χ4n) is 1.45. The zero-order chi connectivity index (χ0) is 13.5. The number of ether oxygens (including phenoxy) is 1. The number of carbonyl (C=O) groups excluding carboxylic acids is 1. The fraction of sp³-hybridized carbons (Fsp3) is 0.455. The van der Waals surface area contributed by atoms with Crippen LogP contribution in [-0.4, -0.2) is 49.4 Å². The molecule has 1 heterocycles. The lowest BCUT2D eigenvalue weighted by atomic mass is 10.2. The highest BCUT2D eigenvalue weighted by molar-refractivity contribution is 5.99. The van der Waals surface area contributed by atoms with Gasteiger partial charge in [0.25, 0.3) is 5.91 Å². The number of nitrogen functional groups attached to an aromatic ring is 1. The van der Waals surface area contributed by atoms with Crippen molar-refractivity contribution in [2.75, 3.05) is 44.0 Å². The zero-order valence-corrected chi connectivity index (χ0v) is 10.3. The molecule has 0 saturated heterocycles. The molecule has 7 heteroatoms. The molecule has 0 radical (unpaired) electrons. The lowest BCUT2D eigenvalue weighted by Gasteiger charge is -2.21. The lowest BCUT2D eigenvalue weighted by Crippen LogP contribution is -2.26. The van der Waals surface area contributed by atoms with Gasteiger partial charge in [0, 0.05) is 13.6 Å². The monoisotopic (exact) mass is 254 g/mol. The second kappa shape index (κ2) is 6.77. The summed E-state index contributed by atoms with van der Waals surface area (Å²) in [4.78, 5) is 17.0. The zero-order valence-electron chi connectivity index (χ0n) is 10.3. The number of carbonyl (C=O) groups is 1. The number of nitrogens with zero attached hydrogens (tertiary/aromatic N) is 2. The van der Waals surface area contributed by atoms with Gasteiger partial charge in [0.2, 0.25) is 0 Å². The summed E-state index contributed by atoms with van der Waals surface area (Å²) >= 11 is 0. The van der Waals surface area contributed by atoms with Crippen LogP contribution in [0.4, 0.5) is 11.5 Å². The third-order valence-electron chi connectivity index (χ3n) is 2.39. The predicted molar refractivity (Wildman–Crippen MR) is 68.3 cm³/mol. The van der Waals surface area contributed by atoms with Crippen molar-refractivity contribution in [1.29, 1.82) is 0 Å². The average molecular weight is 254 g/mol. The van der Waals surface area contributed by atoms with Crippen LogP contribution in [0.1, 0.15) is 10.4 Å². The number of nitrogens with two attached hydrogens (primary N) is 2. The van der Waals surface area contributed by atoms with E-state index in [9.17, 15) is 4.79 Å². The molecule has 0 aromatic carbocycles. The SMILES string of the molecule is CN(CCOCCO)c1cnc(N)cc1C(N)=O. The van der Waals surface area contributed by atoms with Gasteiger partial charge >= 0.3 is 0 Å². The van der Waals surface area contributed by atoms with Crippen molar-refractivity contribution < 1.29 is 14.6 Å². The first-order valence-electron chi connectivity index (χ1n) is 5.51. The molecule has 0 saturated carbocycles. The Balaban J connectivity index is 2.72. The predicted octanol–water partition coefficient (Wildman–Crippen LogP) is -0.792. The van der Waals surface area contributed by atoms with Crippen LogP contribution in [0, 0.1) is 0 Å². The van der Waals surface area contributed by atoms with E-state index in [1.165, 1.54) is 12.3 Å². The van der Waals surface area contributed by atoms with Gasteiger partial charge in [-0.05, 0) is 6.07 Å². The van der Waals surface area contributed by atoms with Crippen LogP contribution in [0.25, 0.3) is 0 Å². The minimum atomic E-state index is -0.553. The molecule has 18 heavy (non-hydrogen) atoms. The molecule has 0 unspecified atom stereocenters. The Morgan fingerprint density at radius 1 is 1.56 bits per heavy atom. The highest BCUT2D eigenvalue weighted by Crippen LogP contribution is 2.19. The molecule has 0 aliphatic rings. The summed E-state index contributed by atoms with van der Waals surface area (Å²) in [5.41, 5.74) is 11.7. The number of pyridine rings is 1. The van der Waals surface area contributed by atoms with Gasteiger partial charge in [-0.2, -0.15) is 0 Å². The molecular formula is C11H18N4O3. The topological polar surface area (TPSA) is 115 Å². The summed E-state index contributed by atoms with van der Waals surface area (Å²) in [7, 11) is 1.79. The van der Waals surface area contributed by atoms with Crippen molar-refractivity contribution in [2.24, 2.45) is 5.73 Å². The van der Waals surface area contributed by atoms with E-state index in [1.807, 2.05) is 0 Å². The molecule has 1 amide bonds. The normalized spacial score (nSPS) is 10.3. The molecule has 0 aliphatic carbocycles. The Morgan fingerprint density at radius 3 is 2.89 bits per heavy atom. The summed E-state index contributed by atoms with van der Waals surface area (Å²) in [5.74, 6) is -0.306. The van der Waals surface area contributed by atoms with Crippen molar-refractivity contribution in [3.63, 3.8) is 0 Å². The van der Waals surface area contributed by atoms with E-state index in [0.29, 0.717) is 24.4 Å². The summed E-state index contributed by atoms with van der Waals surface area (Å²) < 4.78 is 5.15. The van der Waals surface area contributed by atoms with Crippen molar-refractivity contribution in [3.05, 3.63) is 17.8 Å². The van der Waals surface area contributed by atoms with Crippen molar-refractivity contribution >= 4 is 17.4 Å². The van der Waals surface area contributed by atoms with Crippen LogP contribution in [-0.2, 0) is 4.74 Å². The molecule has 0 aliphatic heterocycles. The van der Waals surface area contributed by atoms with E-state index < -0.39 is 5.91 Å². The van der Waals surface area contributed by atoms with Gasteiger partial charge in [-0.1, -0.05) is 0 Å². The summed E-state index contributed by atoms with van der Waals surface area (Å²) in [6, 6.07) is 1.45. The van der Waals surface area contributed by atoms with Crippen LogP contribution in [0.2, 0.25) is 0 Å². The molecule has 5 N–H and O–H groups in total. The molecule has 0 fully saturated rings. The minimum Gasteiger partial charge on any atom is -0.394 e. The summed E-state index contributed by atoms with van der Waals surface area (Å²) in [5, 5.41) is 8.57. The quantitative estimate of drug-likeness (QED) is 0.549. The van der Waals surface area contributed by atoms with Gasteiger partial charge in [-0.3, -0.25) is 4.79 Å². The van der Waals surface area contributed by atoms with Gasteiger partial charge in [0.1, 0.15) is 5.82 Å². The number of aromatic nitrogens is 1. The van der Waals surface area contributed by atoms with Gasteiger partial charge in [0.05, 0.1) is 37.3 Å². The first-order chi connectivity index (χ1) is 8.56. The largest absolute Gasteiger partial charge is 0.394 e. The Hall–Kier alpha value is -1.86. The van der Waals surface area contributed by atoms with Crippen molar-refractivity contribution in [3.8, 4) is 0 Å². The molecule has 100 valence electrons. The molecule has 0 atom stereocenters. The lowest BCUT2D eigenvalue weighted by molar-refractivity contribution is 0.0969. The standard InChI is InChI=1S/C11H18N4O3/c1-15(2-4-18-5-3-16)9-7-14-10(12)6-8(9)11(13)17/h6-7,16H,2-5H2,1H3,(H2,12,14)(H2,13,17). The number of aliphatic hydroxyl groups is 1. The number of hydrogen-bond donors (Lipinski definition) is 3. The average Bonchev–Trinajstić information content (AvgIpc) is 2.34. The Bertz CT molecular complexity index is 411. The molecule has 0 spiro atoms. The number of amides is 1. The van der Waals surface area contributed by atoms with Crippen LogP contribution in [0.3, 0.4) is 0 Å². The highest BCUT2D eigenvalue weighted by atomic mass is 16.5. The third kappa shape index (κ3) is 3.86. The number of hydrogen-bond acceptors (Lipinski definition) is 6. The van der Waals surface area contributed by atoms with Crippen LogP contribution >= 0.6 is 0 Å². The second-order valence-corrected chi connectivity index (χ2v) is 3.75. The van der Waals surface area contributed by atoms with E-state index in [-0.39, 0.29) is 19.0 Å². The number of primary amides is 1. The van der Waals surface area contributed by atoms with Crippen molar-refractivity contribution in [1.82, 2.24) is 4.98 Å². The Labute approximate surface area is 105 Å². The van der Waals surface area contributed by atoms with Gasteiger partial charge in [-0.25, -0.2) is 4.98 Å². The van der Waals surface area contributed by atoms with Crippen molar-refractivity contribution in [2.45, 2.75) is 0 Å². The van der Waals surface area contributed by atoms with E-state index in [1.54, 1.807) is 11.9 Å². The van der Waals surface area contributed by atoms with E-state index in [0.717, 1.165) is 0 Å². The summed E-state index contributed by atoms with van der Waals surface area (Å²) in [6.45, 7) is 1.25. The first kappa shape index (κ1) is 14.2. The van der Waals surface area contributed by atoms with E-state index in [2.05, 4.69) is 4.98 Å². The Kier molecular flexibility index (Phi) is 5.34. The maximum Gasteiger partial charge on any atom is 0.251 e. The van der Waals surface area contributed by atoms with Crippen LogP contribution < -0.4 is 16.4 Å². The number of aliphatic hydroxyl groups excluding tert-OH is 1. The maximum absolute atomic E-state index is 11.3. The molecule has 7 nitrogen and oxygen atoms in total. The molecule has 1 rings (SSSR count). The van der Waals surface area contributed by atoms with Gasteiger partial charge < -0.3 is 26.2 Å². The minimum absolute atomic E-state index is 0.0142. The van der Waals surface area contributed by atoms with Crippen LogP contribution in [0.5, 0.6) is 0 Å². The second-order valence-electron chi connectivity index (χ2n) is 3.75. The molecule has 0 bridgehead atoms. The maximum atomic E-state index is 11.3. The molecule has 1 aromatic heterocycles. The number of anilines is 2. The van der Waals surface area contributed by atoms with Crippen LogP contribution in [0.15, 0.2) is 12.3 Å². The van der Waals surface area contributed by atoms with E-state index >= 15 is 0 Å². The number of likely N-dealkylation sites (N-methyl/N-ethyl adjacent to an activating group) is 1. The molecular weight excluding hydrogens is 236 g/mol. The van der Waals surface area contributed by atoms with Gasteiger partial charge in [-0.15, -0.1) is 0 Å². The summed E-state index contributed by atoms with van der Waals surface area (Å²) in [6.07, 6.45) is 1.50. The van der Waals surface area contributed by atoms with E-state index in [4.69, 9.17) is 21.3 Å². The molecule has 1 aromatic rings. The fourth-order valence-corrected chi connectivity index (χ4v) is 1.45. The van der Waals surface area contributed by atoms with Gasteiger partial charge in [0.15, 0.2) is 0 Å². The Morgan fingerprint density at radius 2 is 2.28 bits per heavy atom. The first-order valence-corrected chi connectivity index (χ1v) is 5.51. The third-order valence-corrected chi connectivity index (χ3v) is 2.39. The smallest absolute Gasteiger partial charge is 0.251 e. The number of rotatable bonds is 7.